The molecule has 0 spiro atoms. The van der Waals surface area contributed by atoms with Crippen molar-refractivity contribution in [1.29, 1.82) is 0 Å². The van der Waals surface area contributed by atoms with E-state index in [0.29, 0.717) is 12.0 Å². The van der Waals surface area contributed by atoms with Crippen LogP contribution in [0.15, 0.2) is 24.3 Å². The van der Waals surface area contributed by atoms with Gasteiger partial charge in [0.1, 0.15) is 5.75 Å². The number of methoxy groups -OCH3 is 1. The van der Waals surface area contributed by atoms with E-state index in [1.165, 1.54) is 18.5 Å². The molecule has 1 aliphatic rings. The van der Waals surface area contributed by atoms with Gasteiger partial charge in [0.2, 0.25) is 0 Å². The number of nitrogens with zero attached hydrogens (tertiary/aromatic N) is 1. The Morgan fingerprint density at radius 1 is 1.24 bits per heavy atom. The summed E-state index contributed by atoms with van der Waals surface area (Å²) in [6.45, 7) is 4.34. The van der Waals surface area contributed by atoms with Crippen LogP contribution in [0, 0.1) is 5.92 Å². The van der Waals surface area contributed by atoms with Crippen LogP contribution >= 0.6 is 0 Å². The van der Waals surface area contributed by atoms with Gasteiger partial charge in [0.25, 0.3) is 0 Å². The summed E-state index contributed by atoms with van der Waals surface area (Å²) < 4.78 is 5.17. The van der Waals surface area contributed by atoms with Gasteiger partial charge in [0, 0.05) is 24.8 Å². The van der Waals surface area contributed by atoms with Gasteiger partial charge in [-0.15, -0.1) is 0 Å². The minimum atomic E-state index is 0.327. The first-order valence-electron chi connectivity index (χ1n) is 6.35. The molecule has 94 valence electrons. The Hall–Kier alpha value is -1.22. The highest BCUT2D eigenvalue weighted by Gasteiger charge is 2.21. The molecular weight excluding hydrogens is 212 g/mol. The molecule has 1 aromatic rings. The first-order valence-corrected chi connectivity index (χ1v) is 6.35. The predicted octanol–water partition coefficient (Wildman–Crippen LogP) is 2.26. The van der Waals surface area contributed by atoms with Crippen LogP contribution in [0.25, 0.3) is 0 Å². The monoisotopic (exact) mass is 234 g/mol. The number of hydrogen-bond acceptors (Lipinski definition) is 3. The number of hydrogen-bond donors (Lipinski definition) is 1. The Kier molecular flexibility index (Phi) is 3.89. The van der Waals surface area contributed by atoms with E-state index in [2.05, 4.69) is 24.0 Å². The van der Waals surface area contributed by atoms with E-state index < -0.39 is 0 Å². The van der Waals surface area contributed by atoms with Crippen molar-refractivity contribution >= 4 is 5.69 Å². The molecule has 0 saturated carbocycles. The quantitative estimate of drug-likeness (QED) is 0.872. The number of benzene rings is 1. The van der Waals surface area contributed by atoms with Crippen LogP contribution in [-0.2, 0) is 0 Å². The summed E-state index contributed by atoms with van der Waals surface area (Å²) >= 11 is 0. The number of ether oxygens (including phenoxy) is 1. The third-order valence-electron chi connectivity index (χ3n) is 3.72. The van der Waals surface area contributed by atoms with E-state index in [1.54, 1.807) is 7.11 Å². The van der Waals surface area contributed by atoms with Gasteiger partial charge in [-0.3, -0.25) is 0 Å². The van der Waals surface area contributed by atoms with Crippen molar-refractivity contribution in [2.45, 2.75) is 25.8 Å². The molecule has 2 rings (SSSR count). The minimum absolute atomic E-state index is 0.327. The molecular formula is C14H22N2O. The van der Waals surface area contributed by atoms with Gasteiger partial charge >= 0.3 is 0 Å². The van der Waals surface area contributed by atoms with Crippen LogP contribution in [0.4, 0.5) is 5.69 Å². The zero-order chi connectivity index (χ0) is 12.3. The summed E-state index contributed by atoms with van der Waals surface area (Å²) in [5, 5.41) is 0. The van der Waals surface area contributed by atoms with E-state index in [9.17, 15) is 0 Å². The van der Waals surface area contributed by atoms with Crippen LogP contribution in [0.2, 0.25) is 0 Å². The fourth-order valence-corrected chi connectivity index (χ4v) is 2.48. The number of anilines is 1. The molecule has 17 heavy (non-hydrogen) atoms. The molecule has 0 amide bonds. The molecule has 1 saturated heterocycles. The standard InChI is InChI=1S/C14H22N2O/c1-11(15)12-7-9-16(10-8-12)13-3-5-14(17-2)6-4-13/h3-6,11-12H,7-10,15H2,1-2H3/t11-/m0/s1. The SMILES string of the molecule is COc1ccc(N2CCC([C@H](C)N)CC2)cc1. The lowest BCUT2D eigenvalue weighted by molar-refractivity contribution is 0.354. The highest BCUT2D eigenvalue weighted by Crippen LogP contribution is 2.26. The summed E-state index contributed by atoms with van der Waals surface area (Å²) in [4.78, 5) is 2.43. The van der Waals surface area contributed by atoms with Gasteiger partial charge in [-0.2, -0.15) is 0 Å². The molecule has 0 bridgehead atoms. The number of nitrogens with two attached hydrogens (primary N) is 1. The van der Waals surface area contributed by atoms with E-state index in [1.807, 2.05) is 12.1 Å². The third kappa shape index (κ3) is 2.91. The molecule has 1 aromatic carbocycles. The number of rotatable bonds is 3. The first kappa shape index (κ1) is 12.2. The maximum absolute atomic E-state index is 5.95. The smallest absolute Gasteiger partial charge is 0.119 e. The maximum atomic E-state index is 5.95. The molecule has 2 N–H and O–H groups in total. The Labute approximate surface area is 104 Å². The lowest BCUT2D eigenvalue weighted by atomic mass is 9.91. The van der Waals surface area contributed by atoms with Crippen molar-refractivity contribution in [1.82, 2.24) is 0 Å². The summed E-state index contributed by atoms with van der Waals surface area (Å²) in [5.41, 5.74) is 7.24. The Morgan fingerprint density at radius 2 is 1.82 bits per heavy atom. The van der Waals surface area contributed by atoms with Crippen molar-refractivity contribution in [2.24, 2.45) is 11.7 Å². The molecule has 0 aliphatic carbocycles. The minimum Gasteiger partial charge on any atom is -0.497 e. The largest absolute Gasteiger partial charge is 0.497 e. The predicted molar refractivity (Wildman–Crippen MR) is 71.6 cm³/mol. The van der Waals surface area contributed by atoms with Crippen molar-refractivity contribution in [3.05, 3.63) is 24.3 Å². The molecule has 1 aliphatic heterocycles. The Morgan fingerprint density at radius 3 is 2.29 bits per heavy atom. The topological polar surface area (TPSA) is 38.5 Å². The van der Waals surface area contributed by atoms with Gasteiger partial charge < -0.3 is 15.4 Å². The molecule has 0 unspecified atom stereocenters. The van der Waals surface area contributed by atoms with Gasteiger partial charge in [-0.1, -0.05) is 0 Å². The zero-order valence-electron chi connectivity index (χ0n) is 10.7. The normalized spacial score (nSPS) is 19.1. The summed E-state index contributed by atoms with van der Waals surface area (Å²) in [5.74, 6) is 1.60. The average Bonchev–Trinajstić information content (AvgIpc) is 2.39. The first-order chi connectivity index (χ1) is 8.20. The van der Waals surface area contributed by atoms with E-state index in [0.717, 1.165) is 18.8 Å². The lowest BCUT2D eigenvalue weighted by Gasteiger charge is -2.35. The zero-order valence-corrected chi connectivity index (χ0v) is 10.7. The van der Waals surface area contributed by atoms with Crippen molar-refractivity contribution < 1.29 is 4.74 Å². The average molecular weight is 234 g/mol. The molecule has 0 radical (unpaired) electrons. The molecule has 1 atom stereocenters. The Bertz CT molecular complexity index is 340. The van der Waals surface area contributed by atoms with Crippen molar-refractivity contribution in [3.63, 3.8) is 0 Å². The molecule has 3 heteroatoms. The van der Waals surface area contributed by atoms with Gasteiger partial charge in [0.15, 0.2) is 0 Å². The van der Waals surface area contributed by atoms with E-state index in [-0.39, 0.29) is 0 Å². The number of piperidine rings is 1. The molecule has 1 fully saturated rings. The van der Waals surface area contributed by atoms with Crippen LogP contribution in [-0.4, -0.2) is 26.2 Å². The fraction of sp³-hybridized carbons (Fsp3) is 0.571. The van der Waals surface area contributed by atoms with Gasteiger partial charge in [-0.25, -0.2) is 0 Å². The van der Waals surface area contributed by atoms with E-state index in [4.69, 9.17) is 10.5 Å². The van der Waals surface area contributed by atoms with Crippen molar-refractivity contribution in [3.8, 4) is 5.75 Å². The van der Waals surface area contributed by atoms with E-state index >= 15 is 0 Å². The van der Waals surface area contributed by atoms with Crippen LogP contribution in [0.3, 0.4) is 0 Å². The maximum Gasteiger partial charge on any atom is 0.119 e. The lowest BCUT2D eigenvalue weighted by Crippen LogP contribution is -2.39. The van der Waals surface area contributed by atoms with Gasteiger partial charge in [-0.05, 0) is 49.9 Å². The molecule has 1 heterocycles. The van der Waals surface area contributed by atoms with Crippen molar-refractivity contribution in [2.75, 3.05) is 25.1 Å². The summed E-state index contributed by atoms with van der Waals surface area (Å²) in [6, 6.07) is 8.63. The highest BCUT2D eigenvalue weighted by molar-refractivity contribution is 5.49. The second-order valence-electron chi connectivity index (χ2n) is 4.88. The van der Waals surface area contributed by atoms with Crippen LogP contribution < -0.4 is 15.4 Å². The van der Waals surface area contributed by atoms with Crippen LogP contribution in [0.5, 0.6) is 5.75 Å². The highest BCUT2D eigenvalue weighted by atomic mass is 16.5. The van der Waals surface area contributed by atoms with Gasteiger partial charge in [0.05, 0.1) is 7.11 Å². The molecule has 3 nitrogen and oxygen atoms in total. The third-order valence-corrected chi connectivity index (χ3v) is 3.72. The Balaban J connectivity index is 1.95. The van der Waals surface area contributed by atoms with Crippen LogP contribution in [0.1, 0.15) is 19.8 Å². The summed E-state index contributed by atoms with van der Waals surface area (Å²) in [6.07, 6.45) is 2.40. The fourth-order valence-electron chi connectivity index (χ4n) is 2.48. The molecule has 0 aromatic heterocycles. The summed E-state index contributed by atoms with van der Waals surface area (Å²) in [7, 11) is 1.70. The second kappa shape index (κ2) is 5.41. The second-order valence-corrected chi connectivity index (χ2v) is 4.88.